The summed E-state index contributed by atoms with van der Waals surface area (Å²) in [5.74, 6) is -0.597. The molecule has 2 aliphatic rings. The average molecular weight is 533 g/mol. The number of nitrogens with one attached hydrogen (secondary N) is 3. The van der Waals surface area contributed by atoms with Crippen LogP contribution in [-0.2, 0) is 11.2 Å². The fourth-order valence-corrected chi connectivity index (χ4v) is 5.10. The van der Waals surface area contributed by atoms with Gasteiger partial charge >= 0.3 is 0 Å². The Morgan fingerprint density at radius 3 is 2.82 bits per heavy atom. The number of rotatable bonds is 8. The molecule has 1 unspecified atom stereocenters. The van der Waals surface area contributed by atoms with Crippen molar-refractivity contribution in [3.8, 4) is 11.1 Å². The highest BCUT2D eigenvalue weighted by molar-refractivity contribution is 5.84. The largest absolute Gasteiger partial charge is 0.358 e. The molecule has 1 saturated heterocycles. The van der Waals surface area contributed by atoms with Gasteiger partial charge in [-0.15, -0.1) is 0 Å². The molecule has 0 amide bonds. The van der Waals surface area contributed by atoms with Gasteiger partial charge in [-0.2, -0.15) is 9.49 Å². The van der Waals surface area contributed by atoms with Crippen molar-refractivity contribution in [3.63, 3.8) is 0 Å². The number of aromatic amines is 1. The van der Waals surface area contributed by atoms with E-state index in [1.807, 2.05) is 18.6 Å². The minimum Gasteiger partial charge on any atom is -0.358 e. The predicted octanol–water partition coefficient (Wildman–Crippen LogP) is 4.50. The Morgan fingerprint density at radius 1 is 1.13 bits per heavy atom. The molecule has 6 heterocycles. The van der Waals surface area contributed by atoms with Gasteiger partial charge in [0.15, 0.2) is 0 Å². The number of fused-ring (bicyclic) bond motifs is 1. The number of hydrogen-bond acceptors (Lipinski definition) is 7. The SMILES string of the molecule is COC1C=CC(F)=CN1CNc1ccc(Cc2c[nH]c3ncc(-c4cnn(C5CCNCC5)c4)cc23)c(F)n1. The van der Waals surface area contributed by atoms with Crippen LogP contribution in [0.2, 0.25) is 0 Å². The number of ether oxygens (including phenoxy) is 1. The molecule has 3 N–H and O–H groups in total. The Bertz CT molecular complexity index is 1520. The van der Waals surface area contributed by atoms with Crippen molar-refractivity contribution in [1.82, 2.24) is 34.9 Å². The number of aromatic nitrogens is 5. The first-order valence-electron chi connectivity index (χ1n) is 13.0. The molecule has 4 aromatic heterocycles. The maximum atomic E-state index is 15.0. The van der Waals surface area contributed by atoms with Crippen LogP contribution in [0.1, 0.15) is 30.0 Å². The van der Waals surface area contributed by atoms with Crippen LogP contribution in [0.25, 0.3) is 22.2 Å². The molecule has 4 aromatic rings. The van der Waals surface area contributed by atoms with Crippen molar-refractivity contribution >= 4 is 16.9 Å². The zero-order valence-corrected chi connectivity index (χ0v) is 21.6. The summed E-state index contributed by atoms with van der Waals surface area (Å²) in [6, 6.07) is 5.91. The van der Waals surface area contributed by atoms with E-state index in [0.29, 0.717) is 23.8 Å². The average Bonchev–Trinajstić information content (AvgIpc) is 3.61. The van der Waals surface area contributed by atoms with Crippen LogP contribution in [0.15, 0.2) is 67.2 Å². The molecule has 1 atom stereocenters. The van der Waals surface area contributed by atoms with E-state index in [9.17, 15) is 4.39 Å². The van der Waals surface area contributed by atoms with E-state index in [2.05, 4.69) is 47.6 Å². The molecule has 0 spiro atoms. The molecule has 1 fully saturated rings. The number of anilines is 1. The first kappa shape index (κ1) is 25.2. The van der Waals surface area contributed by atoms with Crippen molar-refractivity contribution in [3.05, 3.63) is 84.2 Å². The van der Waals surface area contributed by atoms with Crippen LogP contribution in [0.3, 0.4) is 0 Å². The van der Waals surface area contributed by atoms with E-state index in [1.165, 1.54) is 19.4 Å². The fourth-order valence-electron chi connectivity index (χ4n) is 5.10. The number of allylic oxidation sites excluding steroid dienone is 2. The van der Waals surface area contributed by atoms with Crippen LogP contribution >= 0.6 is 0 Å². The zero-order valence-electron chi connectivity index (χ0n) is 21.6. The molecule has 202 valence electrons. The van der Waals surface area contributed by atoms with Gasteiger partial charge in [-0.05, 0) is 55.8 Å². The Kier molecular flexibility index (Phi) is 7.08. The lowest BCUT2D eigenvalue weighted by Crippen LogP contribution is -2.36. The predicted molar refractivity (Wildman–Crippen MR) is 145 cm³/mol. The molecule has 39 heavy (non-hydrogen) atoms. The summed E-state index contributed by atoms with van der Waals surface area (Å²) in [4.78, 5) is 13.5. The van der Waals surface area contributed by atoms with Crippen molar-refractivity contribution in [1.29, 1.82) is 0 Å². The van der Waals surface area contributed by atoms with Gasteiger partial charge in [-0.3, -0.25) is 4.68 Å². The molecule has 6 rings (SSSR count). The second kappa shape index (κ2) is 11.0. The summed E-state index contributed by atoms with van der Waals surface area (Å²) < 4.78 is 36.0. The molecule has 0 bridgehead atoms. The molecular weight excluding hydrogens is 502 g/mol. The number of halogens is 2. The maximum absolute atomic E-state index is 15.0. The van der Waals surface area contributed by atoms with E-state index in [-0.39, 0.29) is 12.5 Å². The minimum atomic E-state index is -0.565. The van der Waals surface area contributed by atoms with E-state index >= 15 is 4.39 Å². The molecule has 2 aliphatic heterocycles. The third kappa shape index (κ3) is 5.41. The summed E-state index contributed by atoms with van der Waals surface area (Å²) in [7, 11) is 1.54. The number of hydrogen-bond donors (Lipinski definition) is 3. The Hall–Kier alpha value is -4.09. The Morgan fingerprint density at radius 2 is 2.00 bits per heavy atom. The lowest BCUT2D eigenvalue weighted by Gasteiger charge is -2.29. The molecule has 0 aliphatic carbocycles. The standard InChI is InChI=1S/C28H30F2N8O/c1-39-26-5-3-22(29)16-37(26)17-34-25-4-2-18(27(30)36-25)10-20-13-33-28-24(20)11-19(12-32-28)21-14-35-38(15-21)23-6-8-31-9-7-23/h2-5,11-16,23,26,31H,6-10,17H2,1H3,(H,32,33)(H,34,36). The van der Waals surface area contributed by atoms with Crippen molar-refractivity contribution < 1.29 is 13.5 Å². The summed E-state index contributed by atoms with van der Waals surface area (Å²) in [6.07, 6.45) is 14.0. The molecule has 0 radical (unpaired) electrons. The molecule has 9 nitrogen and oxygen atoms in total. The second-order valence-corrected chi connectivity index (χ2v) is 9.80. The lowest BCUT2D eigenvalue weighted by molar-refractivity contribution is 0.0322. The third-order valence-corrected chi connectivity index (χ3v) is 7.26. The molecular formula is C28H30F2N8O. The highest BCUT2D eigenvalue weighted by Gasteiger charge is 2.18. The summed E-state index contributed by atoms with van der Waals surface area (Å²) in [5.41, 5.74) is 4.11. The summed E-state index contributed by atoms with van der Waals surface area (Å²) in [6.45, 7) is 2.21. The number of piperidine rings is 1. The smallest absolute Gasteiger partial charge is 0.218 e. The van der Waals surface area contributed by atoms with Gasteiger partial charge in [-0.1, -0.05) is 6.07 Å². The number of methoxy groups -OCH3 is 1. The topological polar surface area (TPSA) is 95.9 Å². The van der Waals surface area contributed by atoms with Gasteiger partial charge < -0.3 is 25.3 Å². The van der Waals surface area contributed by atoms with E-state index < -0.39 is 12.2 Å². The van der Waals surface area contributed by atoms with Crippen molar-refractivity contribution in [2.75, 3.05) is 32.2 Å². The number of H-pyrrole nitrogens is 1. The molecule has 0 aromatic carbocycles. The monoisotopic (exact) mass is 532 g/mol. The first-order chi connectivity index (χ1) is 19.1. The second-order valence-electron chi connectivity index (χ2n) is 9.80. The van der Waals surface area contributed by atoms with E-state index in [4.69, 9.17) is 4.74 Å². The van der Waals surface area contributed by atoms with Crippen molar-refractivity contribution in [2.24, 2.45) is 0 Å². The van der Waals surface area contributed by atoms with Crippen molar-refractivity contribution in [2.45, 2.75) is 31.5 Å². The highest BCUT2D eigenvalue weighted by atomic mass is 19.1. The zero-order chi connectivity index (χ0) is 26.8. The van der Waals surface area contributed by atoms with Gasteiger partial charge in [0.05, 0.1) is 18.9 Å². The van der Waals surface area contributed by atoms with Gasteiger partial charge in [0.1, 0.15) is 23.5 Å². The molecule has 11 heteroatoms. The maximum Gasteiger partial charge on any atom is 0.218 e. The third-order valence-electron chi connectivity index (χ3n) is 7.26. The van der Waals surface area contributed by atoms with Gasteiger partial charge in [0, 0.05) is 60.4 Å². The first-order valence-corrected chi connectivity index (χ1v) is 13.0. The van der Waals surface area contributed by atoms with Crippen LogP contribution in [-0.4, -0.2) is 62.7 Å². The van der Waals surface area contributed by atoms with Crippen LogP contribution in [0, 0.1) is 5.95 Å². The minimum absolute atomic E-state index is 0.202. The number of pyridine rings is 2. The van der Waals surface area contributed by atoms with E-state index in [1.54, 1.807) is 23.1 Å². The van der Waals surface area contributed by atoms with E-state index in [0.717, 1.165) is 53.7 Å². The van der Waals surface area contributed by atoms with Crippen LogP contribution < -0.4 is 10.6 Å². The van der Waals surface area contributed by atoms with Crippen LogP contribution in [0.4, 0.5) is 14.6 Å². The van der Waals surface area contributed by atoms with Gasteiger partial charge in [-0.25, -0.2) is 14.4 Å². The normalized spacial score (nSPS) is 18.1. The fraction of sp³-hybridized carbons (Fsp3) is 0.321. The highest BCUT2D eigenvalue weighted by Crippen LogP contribution is 2.28. The van der Waals surface area contributed by atoms with Crippen LogP contribution in [0.5, 0.6) is 0 Å². The quantitative estimate of drug-likeness (QED) is 0.288. The van der Waals surface area contributed by atoms with Gasteiger partial charge in [0.25, 0.3) is 0 Å². The summed E-state index contributed by atoms with van der Waals surface area (Å²) in [5, 5.41) is 12.0. The lowest BCUT2D eigenvalue weighted by atomic mass is 10.0. The number of nitrogens with zero attached hydrogens (tertiary/aromatic N) is 5. The summed E-state index contributed by atoms with van der Waals surface area (Å²) >= 11 is 0. The Labute approximate surface area is 224 Å². The van der Waals surface area contributed by atoms with Gasteiger partial charge in [0.2, 0.25) is 5.95 Å². The molecule has 0 saturated carbocycles. The Balaban J connectivity index is 1.16.